The van der Waals surface area contributed by atoms with Crippen molar-refractivity contribution in [1.29, 1.82) is 0 Å². The Morgan fingerprint density at radius 1 is 1.00 bits per heavy atom. The number of hydrogen-bond donors (Lipinski definition) is 1. The standard InChI is InChI=1S/C13H29NO/c1-5-6-7-8-9-10-11-14(4)12-13(2,3)15/h15H,5-12H2,1-4H3. The SMILES string of the molecule is CCCCCCCCN(C)CC(C)(C)O. The fraction of sp³-hybridized carbons (Fsp3) is 1.00. The van der Waals surface area contributed by atoms with Gasteiger partial charge in [-0.25, -0.2) is 0 Å². The molecule has 0 aromatic heterocycles. The van der Waals surface area contributed by atoms with E-state index in [-0.39, 0.29) is 0 Å². The molecular formula is C13H29NO. The van der Waals surface area contributed by atoms with Crippen LogP contribution in [0.2, 0.25) is 0 Å². The molecule has 15 heavy (non-hydrogen) atoms. The highest BCUT2D eigenvalue weighted by Crippen LogP contribution is 2.07. The van der Waals surface area contributed by atoms with Crippen LogP contribution in [0.1, 0.15) is 59.3 Å². The molecule has 0 bridgehead atoms. The molecule has 0 unspecified atom stereocenters. The normalized spacial score (nSPS) is 12.4. The summed E-state index contributed by atoms with van der Waals surface area (Å²) in [5, 5.41) is 9.62. The number of nitrogens with zero attached hydrogens (tertiary/aromatic N) is 1. The quantitative estimate of drug-likeness (QED) is 0.598. The number of rotatable bonds is 9. The van der Waals surface area contributed by atoms with Crippen molar-refractivity contribution in [2.75, 3.05) is 20.1 Å². The van der Waals surface area contributed by atoms with E-state index in [1.54, 1.807) is 0 Å². The van der Waals surface area contributed by atoms with Crippen molar-refractivity contribution in [3.63, 3.8) is 0 Å². The summed E-state index contributed by atoms with van der Waals surface area (Å²) in [6, 6.07) is 0. The Morgan fingerprint density at radius 2 is 1.53 bits per heavy atom. The Morgan fingerprint density at radius 3 is 2.07 bits per heavy atom. The van der Waals surface area contributed by atoms with Gasteiger partial charge in [0.2, 0.25) is 0 Å². The van der Waals surface area contributed by atoms with E-state index in [1.807, 2.05) is 13.8 Å². The molecule has 0 aromatic rings. The summed E-state index contributed by atoms with van der Waals surface area (Å²) in [7, 11) is 2.09. The maximum absolute atomic E-state index is 9.62. The first-order chi connectivity index (χ1) is 6.95. The average molecular weight is 215 g/mol. The minimum atomic E-state index is -0.559. The van der Waals surface area contributed by atoms with E-state index in [2.05, 4.69) is 18.9 Å². The van der Waals surface area contributed by atoms with Crippen LogP contribution in [0.5, 0.6) is 0 Å². The molecule has 0 spiro atoms. The van der Waals surface area contributed by atoms with Gasteiger partial charge in [-0.15, -0.1) is 0 Å². The molecule has 2 nitrogen and oxygen atoms in total. The van der Waals surface area contributed by atoms with Crippen LogP contribution in [0.15, 0.2) is 0 Å². The zero-order chi connectivity index (χ0) is 11.7. The van der Waals surface area contributed by atoms with Crippen LogP contribution >= 0.6 is 0 Å². The molecule has 0 aliphatic heterocycles. The molecular weight excluding hydrogens is 186 g/mol. The fourth-order valence-electron chi connectivity index (χ4n) is 1.90. The van der Waals surface area contributed by atoms with E-state index >= 15 is 0 Å². The summed E-state index contributed by atoms with van der Waals surface area (Å²) >= 11 is 0. The second kappa shape index (κ2) is 8.12. The van der Waals surface area contributed by atoms with Gasteiger partial charge in [0.05, 0.1) is 5.60 Å². The lowest BCUT2D eigenvalue weighted by Crippen LogP contribution is -2.36. The fourth-order valence-corrected chi connectivity index (χ4v) is 1.90. The van der Waals surface area contributed by atoms with Crippen molar-refractivity contribution in [1.82, 2.24) is 4.90 Å². The van der Waals surface area contributed by atoms with Crippen molar-refractivity contribution in [3.8, 4) is 0 Å². The lowest BCUT2D eigenvalue weighted by Gasteiger charge is -2.25. The van der Waals surface area contributed by atoms with Gasteiger partial charge >= 0.3 is 0 Å². The van der Waals surface area contributed by atoms with E-state index in [9.17, 15) is 5.11 Å². The number of hydrogen-bond acceptors (Lipinski definition) is 2. The Kier molecular flexibility index (Phi) is 8.07. The highest BCUT2D eigenvalue weighted by molar-refractivity contribution is 4.69. The average Bonchev–Trinajstić information content (AvgIpc) is 2.08. The monoisotopic (exact) mass is 215 g/mol. The summed E-state index contributed by atoms with van der Waals surface area (Å²) in [4.78, 5) is 2.22. The van der Waals surface area contributed by atoms with Gasteiger partial charge in [0.1, 0.15) is 0 Å². The molecule has 92 valence electrons. The van der Waals surface area contributed by atoms with Gasteiger partial charge < -0.3 is 10.0 Å². The zero-order valence-electron chi connectivity index (χ0n) is 11.1. The number of unbranched alkanes of at least 4 members (excludes halogenated alkanes) is 5. The Balaban J connectivity index is 3.28. The second-order valence-electron chi connectivity index (χ2n) is 5.32. The van der Waals surface area contributed by atoms with Crippen LogP contribution in [0.25, 0.3) is 0 Å². The summed E-state index contributed by atoms with van der Waals surface area (Å²) < 4.78 is 0. The molecule has 0 radical (unpaired) electrons. The molecule has 0 saturated heterocycles. The maximum atomic E-state index is 9.62. The minimum absolute atomic E-state index is 0.559. The summed E-state index contributed by atoms with van der Waals surface area (Å²) in [5.41, 5.74) is -0.559. The molecule has 2 heteroatoms. The smallest absolute Gasteiger partial charge is 0.0718 e. The van der Waals surface area contributed by atoms with Crippen LogP contribution in [0.4, 0.5) is 0 Å². The van der Waals surface area contributed by atoms with Crippen LogP contribution < -0.4 is 0 Å². The summed E-state index contributed by atoms with van der Waals surface area (Å²) in [6.07, 6.45) is 8.03. The van der Waals surface area contributed by atoms with Crippen molar-refractivity contribution < 1.29 is 5.11 Å². The first kappa shape index (κ1) is 14.9. The van der Waals surface area contributed by atoms with Gasteiger partial charge in [-0.3, -0.25) is 0 Å². The van der Waals surface area contributed by atoms with E-state index in [1.165, 1.54) is 38.5 Å². The third kappa shape index (κ3) is 11.8. The van der Waals surface area contributed by atoms with Crippen molar-refractivity contribution in [2.24, 2.45) is 0 Å². The summed E-state index contributed by atoms with van der Waals surface area (Å²) in [6.45, 7) is 7.85. The molecule has 0 atom stereocenters. The van der Waals surface area contributed by atoms with E-state index in [0.29, 0.717) is 0 Å². The third-order valence-electron chi connectivity index (χ3n) is 2.55. The molecule has 0 saturated carbocycles. The Bertz CT molecular complexity index is 140. The van der Waals surface area contributed by atoms with Gasteiger partial charge in [-0.05, 0) is 33.9 Å². The van der Waals surface area contributed by atoms with Crippen molar-refractivity contribution in [3.05, 3.63) is 0 Å². The lowest BCUT2D eigenvalue weighted by atomic mass is 10.1. The van der Waals surface area contributed by atoms with Crippen molar-refractivity contribution in [2.45, 2.75) is 64.9 Å². The summed E-state index contributed by atoms with van der Waals surface area (Å²) in [5.74, 6) is 0. The van der Waals surface area contributed by atoms with E-state index in [0.717, 1.165) is 13.1 Å². The second-order valence-corrected chi connectivity index (χ2v) is 5.32. The number of likely N-dealkylation sites (N-methyl/N-ethyl adjacent to an activating group) is 1. The molecule has 0 aliphatic rings. The van der Waals surface area contributed by atoms with Crippen LogP contribution in [0.3, 0.4) is 0 Å². The van der Waals surface area contributed by atoms with E-state index in [4.69, 9.17) is 0 Å². The van der Waals surface area contributed by atoms with Crippen LogP contribution in [0, 0.1) is 0 Å². The molecule has 1 N–H and O–H groups in total. The lowest BCUT2D eigenvalue weighted by molar-refractivity contribution is 0.0442. The topological polar surface area (TPSA) is 23.5 Å². The molecule has 0 aromatic carbocycles. The molecule has 0 amide bonds. The maximum Gasteiger partial charge on any atom is 0.0718 e. The zero-order valence-corrected chi connectivity index (χ0v) is 11.1. The van der Waals surface area contributed by atoms with Gasteiger partial charge in [0, 0.05) is 6.54 Å². The predicted molar refractivity (Wildman–Crippen MR) is 67.2 cm³/mol. The molecule has 0 fully saturated rings. The highest BCUT2D eigenvalue weighted by Gasteiger charge is 2.14. The Labute approximate surface area is 95.7 Å². The largest absolute Gasteiger partial charge is 0.389 e. The minimum Gasteiger partial charge on any atom is -0.389 e. The first-order valence-electron chi connectivity index (χ1n) is 6.36. The van der Waals surface area contributed by atoms with Gasteiger partial charge in [0.25, 0.3) is 0 Å². The number of aliphatic hydroxyl groups is 1. The highest BCUT2D eigenvalue weighted by atomic mass is 16.3. The molecule has 0 aliphatic carbocycles. The van der Waals surface area contributed by atoms with Crippen LogP contribution in [-0.4, -0.2) is 35.7 Å². The van der Waals surface area contributed by atoms with Gasteiger partial charge in [-0.2, -0.15) is 0 Å². The van der Waals surface area contributed by atoms with E-state index < -0.39 is 5.60 Å². The molecule has 0 heterocycles. The third-order valence-corrected chi connectivity index (χ3v) is 2.55. The Hall–Kier alpha value is -0.0800. The van der Waals surface area contributed by atoms with Crippen LogP contribution in [-0.2, 0) is 0 Å². The predicted octanol–water partition coefficient (Wildman–Crippen LogP) is 3.05. The van der Waals surface area contributed by atoms with Gasteiger partial charge in [-0.1, -0.05) is 39.0 Å². The van der Waals surface area contributed by atoms with Gasteiger partial charge in [0.15, 0.2) is 0 Å². The molecule has 0 rings (SSSR count). The van der Waals surface area contributed by atoms with Crippen molar-refractivity contribution >= 4 is 0 Å². The first-order valence-corrected chi connectivity index (χ1v) is 6.36.